The molecule has 5 rings (SSSR count). The number of nitrogens with zero attached hydrogens (tertiary/aromatic N) is 8. The van der Waals surface area contributed by atoms with E-state index in [1.807, 2.05) is 11.5 Å². The number of hydrogen-bond acceptors (Lipinski definition) is 8. The molecular weight excluding hydrogens is 463 g/mol. The number of aliphatic imine (C=N–C) groups is 1. The van der Waals surface area contributed by atoms with Crippen LogP contribution in [0.2, 0.25) is 0 Å². The van der Waals surface area contributed by atoms with E-state index in [4.69, 9.17) is 10.5 Å². The van der Waals surface area contributed by atoms with Crippen LogP contribution in [0.5, 0.6) is 0 Å². The minimum atomic E-state index is -0.824. The van der Waals surface area contributed by atoms with Gasteiger partial charge in [-0.25, -0.2) is 32.8 Å². The molecule has 4 heterocycles. The topological polar surface area (TPSA) is 112 Å². The summed E-state index contributed by atoms with van der Waals surface area (Å²) in [5.74, 6) is -1.84. The van der Waals surface area contributed by atoms with Gasteiger partial charge in [0.1, 0.15) is 35.0 Å². The predicted octanol–water partition coefficient (Wildman–Crippen LogP) is 3.50. The lowest BCUT2D eigenvalue weighted by Gasteiger charge is -2.27. The lowest BCUT2D eigenvalue weighted by molar-refractivity contribution is 0.113. The van der Waals surface area contributed by atoms with Crippen molar-refractivity contribution in [2.45, 2.75) is 25.7 Å². The van der Waals surface area contributed by atoms with Gasteiger partial charge in [-0.15, -0.1) is 5.10 Å². The molecule has 0 aliphatic carbocycles. The second-order valence-corrected chi connectivity index (χ2v) is 7.75. The molecule has 2 N–H and O–H groups in total. The van der Waals surface area contributed by atoms with Crippen molar-refractivity contribution in [1.29, 1.82) is 0 Å². The molecule has 35 heavy (non-hydrogen) atoms. The Balaban J connectivity index is 1.62. The van der Waals surface area contributed by atoms with E-state index in [0.717, 1.165) is 18.3 Å². The first-order valence-corrected chi connectivity index (χ1v) is 10.6. The van der Waals surface area contributed by atoms with E-state index in [1.54, 1.807) is 12.4 Å². The van der Waals surface area contributed by atoms with Gasteiger partial charge >= 0.3 is 0 Å². The van der Waals surface area contributed by atoms with Gasteiger partial charge in [-0.05, 0) is 18.6 Å². The fourth-order valence-corrected chi connectivity index (χ4v) is 4.08. The highest BCUT2D eigenvalue weighted by Crippen LogP contribution is 2.37. The standard InChI is InChI=1S/C22H20F3N9O/c1-3-16(15-9-34(31-30-15)17-5-4-12(23)6-14(17)25)32-10-18(19-20(26)28-11-29-21(19)32)33-8-13(24)7-27-22(33)35-2/h4-11,16,22H,3H2,1-2H3,(H2,26,28,29). The van der Waals surface area contributed by atoms with Crippen molar-refractivity contribution in [1.82, 2.24) is 29.5 Å². The highest BCUT2D eigenvalue weighted by molar-refractivity contribution is 5.99. The first kappa shape index (κ1) is 22.5. The number of hydrogen-bond donors (Lipinski definition) is 1. The van der Waals surface area contributed by atoms with Gasteiger partial charge in [0.05, 0.1) is 29.5 Å². The molecule has 10 nitrogen and oxygen atoms in total. The summed E-state index contributed by atoms with van der Waals surface area (Å²) in [4.78, 5) is 14.1. The molecule has 0 saturated carbocycles. The smallest absolute Gasteiger partial charge is 0.231 e. The summed E-state index contributed by atoms with van der Waals surface area (Å²) >= 11 is 0. The number of nitrogen functional groups attached to an aromatic ring is 1. The summed E-state index contributed by atoms with van der Waals surface area (Å²) in [5, 5.41) is 8.72. The largest absolute Gasteiger partial charge is 0.383 e. The summed E-state index contributed by atoms with van der Waals surface area (Å²) < 4.78 is 50.2. The van der Waals surface area contributed by atoms with Gasteiger partial charge in [-0.1, -0.05) is 12.1 Å². The van der Waals surface area contributed by atoms with Crippen LogP contribution in [-0.2, 0) is 4.74 Å². The molecule has 0 fully saturated rings. The minimum Gasteiger partial charge on any atom is -0.383 e. The molecule has 3 aromatic heterocycles. The quantitative estimate of drug-likeness (QED) is 0.447. The summed E-state index contributed by atoms with van der Waals surface area (Å²) in [6, 6.07) is 2.80. The fourth-order valence-electron chi connectivity index (χ4n) is 4.08. The zero-order valence-electron chi connectivity index (χ0n) is 18.7. The molecule has 1 aliphatic rings. The van der Waals surface area contributed by atoms with Crippen molar-refractivity contribution in [3.63, 3.8) is 0 Å². The highest BCUT2D eigenvalue weighted by atomic mass is 19.1. The first-order chi connectivity index (χ1) is 16.9. The van der Waals surface area contributed by atoms with Gasteiger partial charge in [0.2, 0.25) is 6.35 Å². The number of benzene rings is 1. The van der Waals surface area contributed by atoms with Crippen LogP contribution in [0.15, 0.2) is 53.9 Å². The molecule has 1 aliphatic heterocycles. The molecular formula is C22H20F3N9O. The Labute approximate surface area is 197 Å². The van der Waals surface area contributed by atoms with E-state index in [2.05, 4.69) is 25.3 Å². The number of ether oxygens (including phenoxy) is 1. The Morgan fingerprint density at radius 1 is 1.14 bits per heavy atom. The fraction of sp³-hybridized carbons (Fsp3) is 0.227. The zero-order valence-corrected chi connectivity index (χ0v) is 18.7. The van der Waals surface area contributed by atoms with Crippen molar-refractivity contribution in [2.75, 3.05) is 17.7 Å². The minimum absolute atomic E-state index is 0.0550. The van der Waals surface area contributed by atoms with E-state index < -0.39 is 29.9 Å². The van der Waals surface area contributed by atoms with Crippen LogP contribution >= 0.6 is 0 Å². The highest BCUT2D eigenvalue weighted by Gasteiger charge is 2.28. The lowest BCUT2D eigenvalue weighted by Crippen LogP contribution is -2.33. The molecule has 0 bridgehead atoms. The first-order valence-electron chi connectivity index (χ1n) is 10.6. The maximum absolute atomic E-state index is 14.3. The average Bonchev–Trinajstić information content (AvgIpc) is 3.46. The van der Waals surface area contributed by atoms with Crippen LogP contribution in [0, 0.1) is 11.6 Å². The number of nitrogens with two attached hydrogens (primary N) is 1. The Hall–Kier alpha value is -4.26. The summed E-state index contributed by atoms with van der Waals surface area (Å²) in [5.41, 5.74) is 7.70. The molecule has 1 aromatic carbocycles. The van der Waals surface area contributed by atoms with Crippen molar-refractivity contribution in [3.8, 4) is 5.69 Å². The van der Waals surface area contributed by atoms with Crippen LogP contribution in [0.25, 0.3) is 16.7 Å². The van der Waals surface area contributed by atoms with Crippen molar-refractivity contribution in [2.24, 2.45) is 4.99 Å². The Morgan fingerprint density at radius 2 is 1.97 bits per heavy atom. The number of anilines is 2. The number of methoxy groups -OCH3 is 1. The van der Waals surface area contributed by atoms with Crippen LogP contribution in [-0.4, -0.2) is 49.2 Å². The number of aromatic nitrogens is 6. The maximum atomic E-state index is 14.3. The third kappa shape index (κ3) is 3.89. The van der Waals surface area contributed by atoms with Gasteiger partial charge in [0.25, 0.3) is 0 Å². The van der Waals surface area contributed by atoms with Crippen LogP contribution in [0.3, 0.4) is 0 Å². The molecule has 180 valence electrons. The number of fused-ring (bicyclic) bond motifs is 1. The molecule has 13 heteroatoms. The SMILES string of the molecule is CCC(c1cn(-c2ccc(F)cc2F)nn1)n1cc(N2C=C(F)C=NC2OC)c2c(N)ncnc21. The third-order valence-corrected chi connectivity index (χ3v) is 5.66. The van der Waals surface area contributed by atoms with Crippen LogP contribution in [0.1, 0.15) is 25.1 Å². The molecule has 0 spiro atoms. The van der Waals surface area contributed by atoms with Crippen molar-refractivity contribution >= 4 is 28.8 Å². The third-order valence-electron chi connectivity index (χ3n) is 5.66. The molecule has 4 aromatic rings. The second kappa shape index (κ2) is 8.83. The number of allylic oxidation sites excluding steroid dienone is 1. The Morgan fingerprint density at radius 3 is 2.71 bits per heavy atom. The summed E-state index contributed by atoms with van der Waals surface area (Å²) in [6.45, 7) is 1.93. The zero-order chi connectivity index (χ0) is 24.7. The molecule has 0 saturated heterocycles. The summed E-state index contributed by atoms with van der Waals surface area (Å²) in [7, 11) is 1.45. The molecule has 2 atom stereocenters. The van der Waals surface area contributed by atoms with Crippen LogP contribution in [0.4, 0.5) is 24.7 Å². The summed E-state index contributed by atoms with van der Waals surface area (Å²) in [6.07, 6.45) is 6.67. The van der Waals surface area contributed by atoms with Crippen LogP contribution < -0.4 is 10.6 Å². The maximum Gasteiger partial charge on any atom is 0.231 e. The Kier molecular flexibility index (Phi) is 5.68. The predicted molar refractivity (Wildman–Crippen MR) is 123 cm³/mol. The van der Waals surface area contributed by atoms with E-state index in [-0.39, 0.29) is 11.5 Å². The number of halogens is 3. The van der Waals surface area contributed by atoms with E-state index in [9.17, 15) is 13.2 Å². The van der Waals surface area contributed by atoms with Gasteiger partial charge < -0.3 is 15.0 Å². The van der Waals surface area contributed by atoms with Crippen molar-refractivity contribution < 1.29 is 17.9 Å². The molecule has 0 amide bonds. The normalized spacial score (nSPS) is 16.7. The van der Waals surface area contributed by atoms with Gasteiger partial charge in [0.15, 0.2) is 11.6 Å². The number of rotatable bonds is 6. The van der Waals surface area contributed by atoms with Crippen molar-refractivity contribution in [3.05, 3.63) is 66.3 Å². The van der Waals surface area contributed by atoms with Gasteiger partial charge in [-0.2, -0.15) is 0 Å². The monoisotopic (exact) mass is 483 g/mol. The average molecular weight is 483 g/mol. The molecule has 2 unspecified atom stereocenters. The van der Waals surface area contributed by atoms with Gasteiger partial charge in [0, 0.05) is 25.6 Å². The van der Waals surface area contributed by atoms with E-state index >= 15 is 0 Å². The Bertz CT molecular complexity index is 1460. The van der Waals surface area contributed by atoms with Gasteiger partial charge in [-0.3, -0.25) is 4.90 Å². The van der Waals surface area contributed by atoms with E-state index in [0.29, 0.717) is 28.8 Å². The lowest BCUT2D eigenvalue weighted by atomic mass is 10.1. The second-order valence-electron chi connectivity index (χ2n) is 7.75. The molecule has 0 radical (unpaired) electrons. The van der Waals surface area contributed by atoms with E-state index in [1.165, 1.54) is 35.3 Å².